The number of carbonyl (C=O) groups excluding carboxylic acids is 2. The maximum atomic E-state index is 11.8. The van der Waals surface area contributed by atoms with Crippen LogP contribution in [0.2, 0.25) is 0 Å². The van der Waals surface area contributed by atoms with Crippen molar-refractivity contribution in [1.29, 1.82) is 0 Å². The number of carbonyl (C=O) groups is 2. The van der Waals surface area contributed by atoms with E-state index in [4.69, 9.17) is 18.9 Å². The van der Waals surface area contributed by atoms with Crippen molar-refractivity contribution in [3.8, 4) is 11.5 Å². The van der Waals surface area contributed by atoms with Crippen molar-refractivity contribution in [2.45, 2.75) is 97.9 Å². The fourth-order valence-corrected chi connectivity index (χ4v) is 3.42. The van der Waals surface area contributed by atoms with Crippen LogP contribution in [0.25, 0.3) is 0 Å². The molecule has 0 saturated heterocycles. The summed E-state index contributed by atoms with van der Waals surface area (Å²) in [6.07, 6.45) is 2.22. The van der Waals surface area contributed by atoms with Gasteiger partial charge in [0.25, 0.3) is 0 Å². The van der Waals surface area contributed by atoms with E-state index in [-0.39, 0.29) is 44.2 Å². The van der Waals surface area contributed by atoms with E-state index in [1.807, 2.05) is 13.8 Å². The summed E-state index contributed by atoms with van der Waals surface area (Å²) in [5.74, 6) is 0.0246. The number of ether oxygens (including phenoxy) is 4. The zero-order valence-corrected chi connectivity index (χ0v) is 22.0. The zero-order valence-electron chi connectivity index (χ0n) is 22.0. The molecule has 0 radical (unpaired) electrons. The number of rotatable bonds is 18. The molecule has 1 aromatic rings. The van der Waals surface area contributed by atoms with Gasteiger partial charge in [-0.2, -0.15) is 0 Å². The highest BCUT2D eigenvalue weighted by molar-refractivity contribution is 5.77. The Morgan fingerprint density at radius 1 is 0.857 bits per heavy atom. The second kappa shape index (κ2) is 16.4. The van der Waals surface area contributed by atoms with Gasteiger partial charge in [-0.25, -0.2) is 0 Å². The van der Waals surface area contributed by atoms with Crippen molar-refractivity contribution in [2.24, 2.45) is 5.41 Å². The van der Waals surface area contributed by atoms with Crippen LogP contribution in [-0.2, 0) is 19.1 Å². The third kappa shape index (κ3) is 12.8. The predicted molar refractivity (Wildman–Crippen MR) is 133 cm³/mol. The smallest absolute Gasteiger partial charge is 0.306 e. The normalized spacial score (nSPS) is 13.3. The van der Waals surface area contributed by atoms with E-state index in [0.29, 0.717) is 17.9 Å². The van der Waals surface area contributed by atoms with E-state index in [0.717, 1.165) is 25.7 Å². The molecule has 0 spiro atoms. The molecule has 1 aromatic carbocycles. The fourth-order valence-electron chi connectivity index (χ4n) is 3.42. The summed E-state index contributed by atoms with van der Waals surface area (Å²) in [6.45, 7) is 10.1. The van der Waals surface area contributed by atoms with Gasteiger partial charge in [-0.1, -0.05) is 53.5 Å². The van der Waals surface area contributed by atoms with Gasteiger partial charge in [0.2, 0.25) is 0 Å². The highest BCUT2D eigenvalue weighted by Crippen LogP contribution is 2.31. The monoisotopic (exact) mass is 496 g/mol. The van der Waals surface area contributed by atoms with E-state index < -0.39 is 24.1 Å². The Kier molecular flexibility index (Phi) is 14.4. The van der Waals surface area contributed by atoms with Crippen molar-refractivity contribution in [3.05, 3.63) is 24.3 Å². The first-order valence-corrected chi connectivity index (χ1v) is 12.7. The van der Waals surface area contributed by atoms with Crippen molar-refractivity contribution >= 4 is 11.9 Å². The number of benzene rings is 1. The SMILES string of the molecule is CCC(CC)OC(=O)CCC(=O)OCC(O)COc1cccc(OCC(O)CC(C)(CC)CC)c1. The lowest BCUT2D eigenvalue weighted by Gasteiger charge is -2.29. The predicted octanol–water partition coefficient (Wildman–Crippen LogP) is 4.44. The molecular formula is C27H44O8. The Balaban J connectivity index is 2.34. The Bertz CT molecular complexity index is 742. The fraction of sp³-hybridized carbons (Fsp3) is 0.704. The summed E-state index contributed by atoms with van der Waals surface area (Å²) >= 11 is 0. The van der Waals surface area contributed by atoms with Crippen LogP contribution in [0.4, 0.5) is 0 Å². The molecule has 0 aromatic heterocycles. The highest BCUT2D eigenvalue weighted by atomic mass is 16.6. The average molecular weight is 497 g/mol. The van der Waals surface area contributed by atoms with Gasteiger partial charge in [0.05, 0.1) is 18.9 Å². The first kappa shape index (κ1) is 30.7. The molecule has 1 rings (SSSR count). The number of hydrogen-bond donors (Lipinski definition) is 2. The molecule has 0 aliphatic rings. The van der Waals surface area contributed by atoms with Gasteiger partial charge in [-0.05, 0) is 36.8 Å². The van der Waals surface area contributed by atoms with Crippen LogP contribution in [0.3, 0.4) is 0 Å². The summed E-state index contributed by atoms with van der Waals surface area (Å²) < 4.78 is 21.5. The van der Waals surface area contributed by atoms with Crippen LogP contribution < -0.4 is 9.47 Å². The molecule has 8 heteroatoms. The molecule has 200 valence electrons. The number of esters is 2. The van der Waals surface area contributed by atoms with Crippen molar-refractivity contribution in [2.75, 3.05) is 19.8 Å². The lowest BCUT2D eigenvalue weighted by molar-refractivity contribution is -0.155. The molecule has 0 aliphatic carbocycles. The third-order valence-corrected chi connectivity index (χ3v) is 6.30. The van der Waals surface area contributed by atoms with Crippen LogP contribution in [0, 0.1) is 5.41 Å². The Morgan fingerprint density at radius 2 is 1.40 bits per heavy atom. The first-order valence-electron chi connectivity index (χ1n) is 12.7. The van der Waals surface area contributed by atoms with Crippen molar-refractivity contribution in [3.63, 3.8) is 0 Å². The second-order valence-corrected chi connectivity index (χ2v) is 9.24. The largest absolute Gasteiger partial charge is 0.491 e. The van der Waals surface area contributed by atoms with Gasteiger partial charge in [0.15, 0.2) is 0 Å². The Hall–Kier alpha value is -2.32. The molecule has 0 bridgehead atoms. The minimum atomic E-state index is -1.03. The summed E-state index contributed by atoms with van der Waals surface area (Å²) in [7, 11) is 0. The standard InChI is InChI=1S/C27H44O8/c1-6-22(7-2)35-26(31)14-13-25(30)34-19-21(29)18-33-24-12-10-11-23(15-24)32-17-20(28)16-27(5,8-3)9-4/h10-12,15,20-22,28-29H,6-9,13-14,16-19H2,1-5H3. The minimum absolute atomic E-state index is 0.0560. The molecule has 8 nitrogen and oxygen atoms in total. The van der Waals surface area contributed by atoms with E-state index in [2.05, 4.69) is 20.8 Å². The molecule has 2 N–H and O–H groups in total. The summed E-state index contributed by atoms with van der Waals surface area (Å²) in [5.41, 5.74) is 0.0871. The van der Waals surface area contributed by atoms with E-state index >= 15 is 0 Å². The quantitative estimate of drug-likeness (QED) is 0.287. The topological polar surface area (TPSA) is 112 Å². The van der Waals surface area contributed by atoms with Crippen LogP contribution in [-0.4, -0.2) is 60.3 Å². The van der Waals surface area contributed by atoms with E-state index in [1.54, 1.807) is 24.3 Å². The van der Waals surface area contributed by atoms with Crippen LogP contribution >= 0.6 is 0 Å². The zero-order chi connectivity index (χ0) is 26.3. The Morgan fingerprint density at radius 3 is 1.94 bits per heavy atom. The molecule has 2 atom stereocenters. The lowest BCUT2D eigenvalue weighted by atomic mass is 9.80. The third-order valence-electron chi connectivity index (χ3n) is 6.30. The molecular weight excluding hydrogens is 452 g/mol. The molecule has 0 fully saturated rings. The lowest BCUT2D eigenvalue weighted by Crippen LogP contribution is -2.27. The molecule has 0 aliphatic heterocycles. The summed E-state index contributed by atoms with van der Waals surface area (Å²) in [6, 6.07) is 6.92. The van der Waals surface area contributed by atoms with Crippen molar-refractivity contribution < 1.29 is 38.7 Å². The molecule has 0 saturated carbocycles. The highest BCUT2D eigenvalue weighted by Gasteiger charge is 2.24. The number of hydrogen-bond acceptors (Lipinski definition) is 8. The maximum absolute atomic E-state index is 11.8. The van der Waals surface area contributed by atoms with Crippen molar-refractivity contribution in [1.82, 2.24) is 0 Å². The maximum Gasteiger partial charge on any atom is 0.306 e. The molecule has 35 heavy (non-hydrogen) atoms. The Labute approximate surface area is 209 Å². The molecule has 0 amide bonds. The van der Waals surface area contributed by atoms with Gasteiger partial charge in [-0.3, -0.25) is 9.59 Å². The number of aliphatic hydroxyl groups excluding tert-OH is 2. The van der Waals surface area contributed by atoms with Crippen LogP contribution in [0.1, 0.15) is 79.6 Å². The first-order chi connectivity index (χ1) is 16.6. The van der Waals surface area contributed by atoms with Gasteiger partial charge >= 0.3 is 11.9 Å². The molecule has 0 heterocycles. The number of aliphatic hydroxyl groups is 2. The molecule has 2 unspecified atom stereocenters. The van der Waals surface area contributed by atoms with Gasteiger partial charge in [0, 0.05) is 6.07 Å². The summed E-state index contributed by atoms with van der Waals surface area (Å²) in [5, 5.41) is 20.4. The van der Waals surface area contributed by atoms with Gasteiger partial charge < -0.3 is 29.2 Å². The van der Waals surface area contributed by atoms with Crippen LogP contribution in [0.15, 0.2) is 24.3 Å². The van der Waals surface area contributed by atoms with E-state index in [1.165, 1.54) is 0 Å². The van der Waals surface area contributed by atoms with Gasteiger partial charge in [0.1, 0.15) is 43.5 Å². The summed E-state index contributed by atoms with van der Waals surface area (Å²) in [4.78, 5) is 23.6. The second-order valence-electron chi connectivity index (χ2n) is 9.24. The van der Waals surface area contributed by atoms with E-state index in [9.17, 15) is 19.8 Å². The van der Waals surface area contributed by atoms with Gasteiger partial charge in [-0.15, -0.1) is 0 Å². The minimum Gasteiger partial charge on any atom is -0.491 e. The van der Waals surface area contributed by atoms with Crippen LogP contribution in [0.5, 0.6) is 11.5 Å². The average Bonchev–Trinajstić information content (AvgIpc) is 2.87.